The lowest BCUT2D eigenvalue weighted by Gasteiger charge is -2.40. The average molecular weight is 689 g/mol. The number of nitrogens with one attached hydrogen (secondary N) is 1. The molecule has 0 spiro atoms. The van der Waals surface area contributed by atoms with E-state index in [1.165, 1.54) is 0 Å². The molecule has 0 bridgehead atoms. The third-order valence-corrected chi connectivity index (χ3v) is 8.36. The second-order valence-corrected chi connectivity index (χ2v) is 13.0. The highest BCUT2D eigenvalue weighted by Gasteiger charge is 2.39. The summed E-state index contributed by atoms with van der Waals surface area (Å²) in [5.41, 5.74) is 5.22. The molecule has 1 aliphatic carbocycles. The van der Waals surface area contributed by atoms with E-state index in [0.29, 0.717) is 43.4 Å². The quantitative estimate of drug-likeness (QED) is 0.218. The number of carbonyl (C=O) groups excluding carboxylic acids is 3. The summed E-state index contributed by atoms with van der Waals surface area (Å²) in [6.45, 7) is 9.96. The zero-order valence-electron chi connectivity index (χ0n) is 28.7. The molecule has 1 saturated carbocycles. The Hall–Kier alpha value is -3.59. The van der Waals surface area contributed by atoms with E-state index in [0.717, 1.165) is 38.5 Å². The molecule has 1 aromatic carbocycles. The maximum atomic E-state index is 13.7. The summed E-state index contributed by atoms with van der Waals surface area (Å²) in [6.07, 6.45) is 0.447. The summed E-state index contributed by atoms with van der Waals surface area (Å²) >= 11 is 0. The van der Waals surface area contributed by atoms with Gasteiger partial charge in [-0.1, -0.05) is 13.8 Å². The Morgan fingerprint density at radius 2 is 1.65 bits per heavy atom. The number of rotatable bonds is 16. The van der Waals surface area contributed by atoms with Crippen LogP contribution in [0, 0.1) is 5.41 Å². The van der Waals surface area contributed by atoms with E-state index in [1.807, 2.05) is 23.6 Å². The van der Waals surface area contributed by atoms with Crippen molar-refractivity contribution in [2.24, 2.45) is 11.1 Å². The molecule has 12 nitrogen and oxygen atoms in total. The van der Waals surface area contributed by atoms with E-state index in [2.05, 4.69) is 5.32 Å². The summed E-state index contributed by atoms with van der Waals surface area (Å²) in [5.74, 6) is -2.10. The SMILES string of the molecule is COCCCOc1cc(C(=O)N(C(C)C)[C@@H]2CC[C@H](CCN(C(=O)CC(C)(C)C(N)=O)C3CC3)NC2)ccc1OC.O=C(O)C(F)(F)F. The van der Waals surface area contributed by atoms with E-state index < -0.39 is 23.5 Å². The van der Waals surface area contributed by atoms with E-state index in [-0.39, 0.29) is 42.4 Å². The first-order chi connectivity index (χ1) is 22.4. The number of carbonyl (C=O) groups is 4. The Morgan fingerprint density at radius 1 is 1.02 bits per heavy atom. The Kier molecular flexibility index (Phi) is 15.4. The van der Waals surface area contributed by atoms with Crippen molar-refractivity contribution in [3.8, 4) is 11.5 Å². The maximum absolute atomic E-state index is 13.7. The summed E-state index contributed by atoms with van der Waals surface area (Å²) in [5, 5.41) is 10.8. The molecule has 0 radical (unpaired) electrons. The smallest absolute Gasteiger partial charge is 0.490 e. The van der Waals surface area contributed by atoms with Crippen LogP contribution in [0.3, 0.4) is 0 Å². The Balaban J connectivity index is 0.00000103. The number of piperidine rings is 1. The molecular weight excluding hydrogens is 637 g/mol. The molecule has 2 atom stereocenters. The minimum atomic E-state index is -5.08. The second kappa shape index (κ2) is 18.2. The fraction of sp³-hybridized carbons (Fsp3) is 0.697. The third-order valence-electron chi connectivity index (χ3n) is 8.36. The third kappa shape index (κ3) is 12.5. The Labute approximate surface area is 280 Å². The molecule has 15 heteroatoms. The predicted molar refractivity (Wildman–Crippen MR) is 172 cm³/mol. The molecular formula is C33H51F3N4O8. The van der Waals surface area contributed by atoms with Gasteiger partial charge in [0.2, 0.25) is 11.8 Å². The van der Waals surface area contributed by atoms with Crippen molar-refractivity contribution in [2.75, 3.05) is 40.5 Å². The van der Waals surface area contributed by atoms with E-state index in [9.17, 15) is 27.6 Å². The van der Waals surface area contributed by atoms with Gasteiger partial charge >= 0.3 is 12.1 Å². The number of ether oxygens (including phenoxy) is 3. The number of carboxylic acid groups (broad SMARTS) is 1. The number of carboxylic acids is 1. The topological polar surface area (TPSA) is 161 Å². The van der Waals surface area contributed by atoms with Gasteiger partial charge in [0, 0.05) is 69.4 Å². The molecule has 272 valence electrons. The van der Waals surface area contributed by atoms with Gasteiger partial charge in [-0.3, -0.25) is 14.4 Å². The summed E-state index contributed by atoms with van der Waals surface area (Å²) in [7, 11) is 3.24. The molecule has 4 N–H and O–H groups in total. The lowest BCUT2D eigenvalue weighted by molar-refractivity contribution is -0.192. The van der Waals surface area contributed by atoms with Gasteiger partial charge in [-0.05, 0) is 64.2 Å². The summed E-state index contributed by atoms with van der Waals surface area (Å²) in [4.78, 5) is 51.3. The fourth-order valence-corrected chi connectivity index (χ4v) is 5.42. The van der Waals surface area contributed by atoms with Crippen molar-refractivity contribution in [1.82, 2.24) is 15.1 Å². The van der Waals surface area contributed by atoms with E-state index >= 15 is 0 Å². The number of aliphatic carboxylic acids is 1. The highest BCUT2D eigenvalue weighted by Crippen LogP contribution is 2.32. The van der Waals surface area contributed by atoms with Crippen molar-refractivity contribution in [2.45, 2.75) is 103 Å². The molecule has 1 saturated heterocycles. The largest absolute Gasteiger partial charge is 0.493 e. The Morgan fingerprint density at radius 3 is 2.12 bits per heavy atom. The molecule has 3 rings (SSSR count). The molecule has 2 fully saturated rings. The monoisotopic (exact) mass is 688 g/mol. The lowest BCUT2D eigenvalue weighted by atomic mass is 9.88. The Bertz CT molecular complexity index is 1230. The van der Waals surface area contributed by atoms with Gasteiger partial charge in [0.05, 0.1) is 19.1 Å². The minimum absolute atomic E-state index is 0.00287. The zero-order valence-corrected chi connectivity index (χ0v) is 28.7. The molecule has 0 unspecified atom stereocenters. The van der Waals surface area contributed by atoms with Crippen molar-refractivity contribution in [3.05, 3.63) is 23.8 Å². The number of benzene rings is 1. The molecule has 1 aliphatic heterocycles. The highest BCUT2D eigenvalue weighted by molar-refractivity contribution is 5.95. The molecule has 1 heterocycles. The number of methoxy groups -OCH3 is 2. The summed E-state index contributed by atoms with van der Waals surface area (Å²) < 4.78 is 48.2. The van der Waals surface area contributed by atoms with Gasteiger partial charge in [0.1, 0.15) is 0 Å². The van der Waals surface area contributed by atoms with Crippen LogP contribution < -0.4 is 20.5 Å². The number of primary amides is 1. The number of alkyl halides is 3. The van der Waals surface area contributed by atoms with Gasteiger partial charge in [-0.25, -0.2) is 4.79 Å². The first kappa shape index (κ1) is 40.6. The first-order valence-electron chi connectivity index (χ1n) is 16.2. The van der Waals surface area contributed by atoms with Crippen molar-refractivity contribution in [1.29, 1.82) is 0 Å². The van der Waals surface area contributed by atoms with Crippen LogP contribution in [0.1, 0.15) is 83.0 Å². The summed E-state index contributed by atoms with van der Waals surface area (Å²) in [6, 6.07) is 5.97. The normalized spacial score (nSPS) is 18.0. The second-order valence-electron chi connectivity index (χ2n) is 13.0. The standard InChI is InChI=1S/C31H50N4O6.C2HF3O2/c1-21(2)35(29(37)22-8-13-26(40-6)27(18-22)41-17-7-16-39-5)25-10-9-23(33-20-25)14-15-34(24-11-12-24)28(36)19-31(3,4)30(32)38;3-2(4,5)1(6)7/h8,13,18,21,23-25,33H,7,9-12,14-17,19-20H2,1-6H3,(H2,32,38);(H,6,7)/t23-,25-;/m1./s1. The number of hydrogen-bond acceptors (Lipinski definition) is 8. The molecule has 48 heavy (non-hydrogen) atoms. The lowest BCUT2D eigenvalue weighted by Crippen LogP contribution is -2.54. The minimum Gasteiger partial charge on any atom is -0.493 e. The molecule has 0 aromatic heterocycles. The van der Waals surface area contributed by atoms with Crippen molar-refractivity contribution < 1.29 is 51.7 Å². The maximum Gasteiger partial charge on any atom is 0.490 e. The number of hydrogen-bond donors (Lipinski definition) is 3. The highest BCUT2D eigenvalue weighted by atomic mass is 19.4. The van der Waals surface area contributed by atoms with Crippen LogP contribution in [0.4, 0.5) is 13.2 Å². The molecule has 3 amide bonds. The number of nitrogens with zero attached hydrogens (tertiary/aromatic N) is 2. The van der Waals surface area contributed by atoms with Crippen LogP contribution in [-0.4, -0.2) is 109 Å². The van der Waals surface area contributed by atoms with E-state index in [1.54, 1.807) is 46.3 Å². The number of halogens is 3. The van der Waals surface area contributed by atoms with Crippen LogP contribution in [-0.2, 0) is 19.1 Å². The molecule has 1 aromatic rings. The van der Waals surface area contributed by atoms with Gasteiger partial charge in [0.25, 0.3) is 5.91 Å². The van der Waals surface area contributed by atoms with Gasteiger partial charge in [0.15, 0.2) is 11.5 Å². The predicted octanol–water partition coefficient (Wildman–Crippen LogP) is 4.00. The van der Waals surface area contributed by atoms with E-state index in [4.69, 9.17) is 29.8 Å². The van der Waals surface area contributed by atoms with Gasteiger partial charge in [-0.2, -0.15) is 13.2 Å². The molecule has 2 aliphatic rings. The van der Waals surface area contributed by atoms with Crippen molar-refractivity contribution in [3.63, 3.8) is 0 Å². The number of nitrogens with two attached hydrogens (primary N) is 1. The van der Waals surface area contributed by atoms with Crippen LogP contribution in [0.5, 0.6) is 11.5 Å². The van der Waals surface area contributed by atoms with Gasteiger partial charge < -0.3 is 40.2 Å². The fourth-order valence-electron chi connectivity index (χ4n) is 5.42. The van der Waals surface area contributed by atoms with Crippen molar-refractivity contribution >= 4 is 23.7 Å². The number of amides is 3. The first-order valence-corrected chi connectivity index (χ1v) is 16.2. The average Bonchev–Trinajstić information content (AvgIpc) is 3.85. The van der Waals surface area contributed by atoms with Crippen LogP contribution in [0.2, 0.25) is 0 Å². The van der Waals surface area contributed by atoms with Gasteiger partial charge in [-0.15, -0.1) is 0 Å². The van der Waals surface area contributed by atoms with Crippen LogP contribution in [0.25, 0.3) is 0 Å². The van der Waals surface area contributed by atoms with Crippen LogP contribution in [0.15, 0.2) is 18.2 Å². The van der Waals surface area contributed by atoms with Crippen LogP contribution >= 0.6 is 0 Å². The zero-order chi connectivity index (χ0) is 36.2.